The van der Waals surface area contributed by atoms with Crippen LogP contribution in [-0.4, -0.2) is 34.7 Å². The zero-order chi connectivity index (χ0) is 12.9. The standard InChI is InChI=1S/C15H31NO/c1-5-13(4)14(15(17,6-2)7-3)16-11-9-8-10-12-16/h13-14,17H,5-12H2,1-4H3/t13?,14-/m0/s1. The third-order valence-electron chi connectivity index (χ3n) is 4.74. The molecule has 0 aromatic rings. The number of hydrogen-bond acceptors (Lipinski definition) is 2. The zero-order valence-electron chi connectivity index (χ0n) is 12.2. The van der Waals surface area contributed by atoms with Gasteiger partial charge in [0.25, 0.3) is 0 Å². The number of piperidine rings is 1. The van der Waals surface area contributed by atoms with Gasteiger partial charge in [-0.15, -0.1) is 0 Å². The zero-order valence-corrected chi connectivity index (χ0v) is 12.2. The van der Waals surface area contributed by atoms with Gasteiger partial charge in [-0.3, -0.25) is 4.90 Å². The molecule has 0 saturated carbocycles. The molecule has 17 heavy (non-hydrogen) atoms. The smallest absolute Gasteiger partial charge is 0.0799 e. The monoisotopic (exact) mass is 241 g/mol. The largest absolute Gasteiger partial charge is 0.388 e. The number of nitrogens with zero attached hydrogens (tertiary/aromatic N) is 1. The van der Waals surface area contributed by atoms with Crippen LogP contribution in [0.3, 0.4) is 0 Å². The molecular weight excluding hydrogens is 210 g/mol. The van der Waals surface area contributed by atoms with E-state index in [9.17, 15) is 5.11 Å². The molecule has 1 saturated heterocycles. The van der Waals surface area contributed by atoms with Crippen molar-refractivity contribution < 1.29 is 5.11 Å². The van der Waals surface area contributed by atoms with E-state index in [4.69, 9.17) is 0 Å². The van der Waals surface area contributed by atoms with Gasteiger partial charge in [0.15, 0.2) is 0 Å². The summed E-state index contributed by atoms with van der Waals surface area (Å²) in [6, 6.07) is 0.350. The van der Waals surface area contributed by atoms with E-state index in [1.165, 1.54) is 32.4 Å². The summed E-state index contributed by atoms with van der Waals surface area (Å²) in [5.74, 6) is 0.581. The molecule has 1 aliphatic rings. The molecule has 2 nitrogen and oxygen atoms in total. The van der Waals surface area contributed by atoms with Crippen LogP contribution in [-0.2, 0) is 0 Å². The molecule has 0 radical (unpaired) electrons. The fraction of sp³-hybridized carbons (Fsp3) is 1.00. The molecule has 1 aliphatic heterocycles. The van der Waals surface area contributed by atoms with Gasteiger partial charge in [-0.25, -0.2) is 0 Å². The molecule has 1 fully saturated rings. The Bertz CT molecular complexity index is 207. The normalized spacial score (nSPS) is 22.4. The van der Waals surface area contributed by atoms with E-state index in [0.717, 1.165) is 19.3 Å². The van der Waals surface area contributed by atoms with Crippen molar-refractivity contribution in [1.29, 1.82) is 0 Å². The predicted octanol–water partition coefficient (Wildman–Crippen LogP) is 3.44. The lowest BCUT2D eigenvalue weighted by Crippen LogP contribution is -2.56. The molecule has 102 valence electrons. The maximum atomic E-state index is 10.9. The molecule has 1 heterocycles. The third-order valence-corrected chi connectivity index (χ3v) is 4.74. The van der Waals surface area contributed by atoms with Gasteiger partial charge < -0.3 is 5.11 Å². The Morgan fingerprint density at radius 1 is 1.06 bits per heavy atom. The van der Waals surface area contributed by atoms with Crippen LogP contribution in [0.25, 0.3) is 0 Å². The number of hydrogen-bond donors (Lipinski definition) is 1. The molecular formula is C15H31NO. The maximum absolute atomic E-state index is 10.9. The van der Waals surface area contributed by atoms with Gasteiger partial charge >= 0.3 is 0 Å². The molecule has 0 aliphatic carbocycles. The lowest BCUT2D eigenvalue weighted by atomic mass is 9.78. The first-order chi connectivity index (χ1) is 8.09. The molecule has 0 aromatic carbocycles. The fourth-order valence-electron chi connectivity index (χ4n) is 3.32. The first-order valence-electron chi connectivity index (χ1n) is 7.55. The summed E-state index contributed by atoms with van der Waals surface area (Å²) in [5, 5.41) is 10.9. The van der Waals surface area contributed by atoms with Gasteiger partial charge in [0.1, 0.15) is 0 Å². The van der Waals surface area contributed by atoms with E-state index in [0.29, 0.717) is 12.0 Å². The van der Waals surface area contributed by atoms with E-state index < -0.39 is 5.60 Å². The Morgan fingerprint density at radius 2 is 1.59 bits per heavy atom. The molecule has 1 N–H and O–H groups in total. The van der Waals surface area contributed by atoms with Crippen molar-refractivity contribution in [2.75, 3.05) is 13.1 Å². The van der Waals surface area contributed by atoms with Crippen molar-refractivity contribution in [1.82, 2.24) is 4.90 Å². The van der Waals surface area contributed by atoms with Crippen LogP contribution in [0.15, 0.2) is 0 Å². The van der Waals surface area contributed by atoms with Gasteiger partial charge in [-0.05, 0) is 44.7 Å². The first kappa shape index (κ1) is 15.0. The van der Waals surface area contributed by atoms with Crippen molar-refractivity contribution in [3.05, 3.63) is 0 Å². The second-order valence-electron chi connectivity index (χ2n) is 5.74. The van der Waals surface area contributed by atoms with Crippen molar-refractivity contribution in [2.45, 2.75) is 77.9 Å². The number of likely N-dealkylation sites (tertiary alicyclic amines) is 1. The van der Waals surface area contributed by atoms with E-state index >= 15 is 0 Å². The van der Waals surface area contributed by atoms with Gasteiger partial charge in [0, 0.05) is 6.04 Å². The molecule has 0 amide bonds. The Morgan fingerprint density at radius 3 is 2.00 bits per heavy atom. The number of aliphatic hydroxyl groups is 1. The highest BCUT2D eigenvalue weighted by Crippen LogP contribution is 2.32. The minimum Gasteiger partial charge on any atom is -0.388 e. The lowest BCUT2D eigenvalue weighted by Gasteiger charge is -2.47. The summed E-state index contributed by atoms with van der Waals surface area (Å²) in [6.45, 7) is 11.2. The molecule has 2 atom stereocenters. The van der Waals surface area contributed by atoms with E-state index in [-0.39, 0.29) is 0 Å². The van der Waals surface area contributed by atoms with E-state index in [1.807, 2.05) is 0 Å². The van der Waals surface area contributed by atoms with Gasteiger partial charge in [-0.1, -0.05) is 40.5 Å². The van der Waals surface area contributed by atoms with Gasteiger partial charge in [0.05, 0.1) is 5.60 Å². The highest BCUT2D eigenvalue weighted by Gasteiger charge is 2.40. The van der Waals surface area contributed by atoms with Crippen molar-refractivity contribution >= 4 is 0 Å². The van der Waals surface area contributed by atoms with Crippen LogP contribution in [0.5, 0.6) is 0 Å². The second kappa shape index (κ2) is 6.75. The lowest BCUT2D eigenvalue weighted by molar-refractivity contribution is -0.0797. The highest BCUT2D eigenvalue weighted by molar-refractivity contribution is 4.94. The summed E-state index contributed by atoms with van der Waals surface area (Å²) in [4.78, 5) is 2.56. The topological polar surface area (TPSA) is 23.5 Å². The molecule has 1 rings (SSSR count). The number of rotatable bonds is 6. The molecule has 0 bridgehead atoms. The second-order valence-corrected chi connectivity index (χ2v) is 5.74. The van der Waals surface area contributed by atoms with E-state index in [1.54, 1.807) is 0 Å². The first-order valence-corrected chi connectivity index (χ1v) is 7.55. The SMILES string of the molecule is CCC(C)[C@H](N1CCCCC1)C(O)(CC)CC. The van der Waals surface area contributed by atoms with Crippen molar-refractivity contribution in [2.24, 2.45) is 5.92 Å². The average molecular weight is 241 g/mol. The Hall–Kier alpha value is -0.0800. The summed E-state index contributed by atoms with van der Waals surface area (Å²) < 4.78 is 0. The third kappa shape index (κ3) is 3.45. The van der Waals surface area contributed by atoms with Crippen LogP contribution < -0.4 is 0 Å². The Balaban J connectivity index is 2.85. The summed E-state index contributed by atoms with van der Waals surface area (Å²) in [5.41, 5.74) is -0.493. The minimum atomic E-state index is -0.493. The Kier molecular flexibility index (Phi) is 5.94. The van der Waals surface area contributed by atoms with Gasteiger partial charge in [0.2, 0.25) is 0 Å². The van der Waals surface area contributed by atoms with Gasteiger partial charge in [-0.2, -0.15) is 0 Å². The van der Waals surface area contributed by atoms with Crippen molar-refractivity contribution in [3.63, 3.8) is 0 Å². The molecule has 1 unspecified atom stereocenters. The highest BCUT2D eigenvalue weighted by atomic mass is 16.3. The molecule has 0 spiro atoms. The van der Waals surface area contributed by atoms with Crippen LogP contribution in [0.4, 0.5) is 0 Å². The summed E-state index contributed by atoms with van der Waals surface area (Å²) >= 11 is 0. The maximum Gasteiger partial charge on any atom is 0.0799 e. The molecule has 2 heteroatoms. The molecule has 0 aromatic heterocycles. The fourth-order valence-corrected chi connectivity index (χ4v) is 3.32. The van der Waals surface area contributed by atoms with E-state index in [2.05, 4.69) is 32.6 Å². The van der Waals surface area contributed by atoms with Crippen molar-refractivity contribution in [3.8, 4) is 0 Å². The average Bonchev–Trinajstić information content (AvgIpc) is 2.39. The summed E-state index contributed by atoms with van der Waals surface area (Å²) in [6.07, 6.45) is 6.86. The quantitative estimate of drug-likeness (QED) is 0.770. The predicted molar refractivity (Wildman–Crippen MR) is 74.2 cm³/mol. The Labute approximate surface area is 107 Å². The summed E-state index contributed by atoms with van der Waals surface area (Å²) in [7, 11) is 0. The van der Waals surface area contributed by atoms with Crippen LogP contribution in [0.2, 0.25) is 0 Å². The van der Waals surface area contributed by atoms with Crippen LogP contribution >= 0.6 is 0 Å². The minimum absolute atomic E-state index is 0.350. The van der Waals surface area contributed by atoms with Crippen LogP contribution in [0, 0.1) is 5.92 Å². The van der Waals surface area contributed by atoms with Crippen LogP contribution in [0.1, 0.15) is 66.2 Å².